The predicted octanol–water partition coefficient (Wildman–Crippen LogP) is 1.62. The van der Waals surface area contributed by atoms with Crippen LogP contribution in [0.1, 0.15) is 38.8 Å². The maximum absolute atomic E-state index is 12.5. The second kappa shape index (κ2) is 6.14. The van der Waals surface area contributed by atoms with Crippen molar-refractivity contribution < 1.29 is 19.5 Å². The van der Waals surface area contributed by atoms with Gasteiger partial charge in [-0.05, 0) is 38.5 Å². The number of nitrogens with two attached hydrogens (primary N) is 1. The Bertz CT molecular complexity index is 731. The van der Waals surface area contributed by atoms with Gasteiger partial charge in [-0.3, -0.25) is 14.4 Å². The molecule has 2 fully saturated rings. The molecule has 0 saturated carbocycles. The summed E-state index contributed by atoms with van der Waals surface area (Å²) in [5.41, 5.74) is 6.61. The zero-order valence-corrected chi connectivity index (χ0v) is 15.2. The number of carbonyl (C=O) groups excluding carboxylic acids is 3. The van der Waals surface area contributed by atoms with Crippen LogP contribution in [-0.2, 0) is 14.4 Å². The number of carbonyl (C=O) groups is 3. The summed E-state index contributed by atoms with van der Waals surface area (Å²) in [5, 5.41) is 9.17. The van der Waals surface area contributed by atoms with E-state index >= 15 is 0 Å². The highest BCUT2D eigenvalue weighted by Gasteiger charge is 2.62. The lowest BCUT2D eigenvalue weighted by Crippen LogP contribution is -2.62. The number of benzene rings is 1. The smallest absolute Gasteiger partial charge is 0.230 e. The van der Waals surface area contributed by atoms with E-state index in [9.17, 15) is 19.5 Å². The summed E-state index contributed by atoms with van der Waals surface area (Å²) in [6.45, 7) is 5.41. The van der Waals surface area contributed by atoms with Crippen LogP contribution in [0.15, 0.2) is 24.3 Å². The topological polar surface area (TPSA) is 101 Å². The summed E-state index contributed by atoms with van der Waals surface area (Å²) in [5.74, 6) is -0.709. The number of phenols is 1. The van der Waals surface area contributed by atoms with E-state index in [0.717, 1.165) is 0 Å². The van der Waals surface area contributed by atoms with E-state index in [2.05, 4.69) is 0 Å². The van der Waals surface area contributed by atoms with Gasteiger partial charge in [-0.1, -0.05) is 12.1 Å². The van der Waals surface area contributed by atoms with Crippen LogP contribution in [0, 0.1) is 5.92 Å². The Morgan fingerprint density at radius 2 is 1.92 bits per heavy atom. The summed E-state index contributed by atoms with van der Waals surface area (Å²) >= 11 is 1.58. The lowest BCUT2D eigenvalue weighted by Gasteiger charge is -2.44. The fraction of sp³-hybridized carbons (Fsp3) is 0.500. The molecule has 1 aromatic carbocycles. The number of amides is 1. The van der Waals surface area contributed by atoms with Crippen LogP contribution < -0.4 is 5.73 Å². The van der Waals surface area contributed by atoms with E-state index < -0.39 is 18.0 Å². The molecule has 2 aliphatic rings. The van der Waals surface area contributed by atoms with Gasteiger partial charge in [0.05, 0.1) is 17.3 Å². The number of phenolic OH excluding ortho intramolecular Hbond substituents is 1. The molecule has 134 valence electrons. The molecule has 2 heterocycles. The van der Waals surface area contributed by atoms with Gasteiger partial charge in [-0.15, -0.1) is 11.8 Å². The Morgan fingerprint density at radius 3 is 2.48 bits per heavy atom. The van der Waals surface area contributed by atoms with Crippen molar-refractivity contribution in [3.8, 4) is 5.75 Å². The molecule has 6 nitrogen and oxygen atoms in total. The molecule has 0 bridgehead atoms. The third-order valence-electron chi connectivity index (χ3n) is 4.96. The van der Waals surface area contributed by atoms with Gasteiger partial charge in [0.15, 0.2) is 11.6 Å². The number of rotatable bonds is 5. The fourth-order valence-corrected chi connectivity index (χ4v) is 5.51. The van der Waals surface area contributed by atoms with Crippen LogP contribution in [0.25, 0.3) is 0 Å². The molecule has 3 rings (SSSR count). The highest BCUT2D eigenvalue weighted by molar-refractivity contribution is 8.01. The Labute approximate surface area is 150 Å². The number of β-lactam (4-membered cyclic amide) rings is 1. The van der Waals surface area contributed by atoms with Gasteiger partial charge in [0, 0.05) is 11.2 Å². The second-order valence-electron chi connectivity index (χ2n) is 7.22. The van der Waals surface area contributed by atoms with Gasteiger partial charge in [0.25, 0.3) is 0 Å². The number of hydrogen-bond donors (Lipinski definition) is 2. The molecule has 0 aliphatic carbocycles. The molecule has 4 atom stereocenters. The lowest BCUT2D eigenvalue weighted by molar-refractivity contribution is -0.158. The maximum Gasteiger partial charge on any atom is 0.230 e. The zero-order chi connectivity index (χ0) is 18.5. The molecular formula is C18H22N2O4S. The summed E-state index contributed by atoms with van der Waals surface area (Å²) in [6, 6.07) is 4.90. The first-order valence-corrected chi connectivity index (χ1v) is 9.09. The van der Waals surface area contributed by atoms with Crippen LogP contribution in [0.3, 0.4) is 0 Å². The number of thioether (sulfide) groups is 1. The van der Waals surface area contributed by atoms with E-state index in [1.54, 1.807) is 28.8 Å². The van der Waals surface area contributed by atoms with Gasteiger partial charge in [0.1, 0.15) is 11.8 Å². The lowest BCUT2D eigenvalue weighted by atomic mass is 9.85. The van der Waals surface area contributed by atoms with E-state index in [0.29, 0.717) is 5.56 Å². The van der Waals surface area contributed by atoms with Crippen molar-refractivity contribution in [3.05, 3.63) is 29.8 Å². The summed E-state index contributed by atoms with van der Waals surface area (Å²) in [6.07, 6.45) is 0.0652. The van der Waals surface area contributed by atoms with Crippen molar-refractivity contribution in [1.29, 1.82) is 0 Å². The molecule has 0 radical (unpaired) electrons. The molecule has 0 aromatic heterocycles. The third kappa shape index (κ3) is 2.95. The van der Waals surface area contributed by atoms with E-state index in [1.807, 2.05) is 13.8 Å². The molecule has 1 unspecified atom stereocenters. The average Bonchev–Trinajstić information content (AvgIpc) is 2.80. The molecule has 7 heteroatoms. The minimum Gasteiger partial charge on any atom is -0.508 e. The van der Waals surface area contributed by atoms with Crippen molar-refractivity contribution in [2.24, 2.45) is 11.7 Å². The monoisotopic (exact) mass is 362 g/mol. The van der Waals surface area contributed by atoms with Crippen LogP contribution >= 0.6 is 11.8 Å². The second-order valence-corrected chi connectivity index (χ2v) is 8.99. The van der Waals surface area contributed by atoms with Gasteiger partial charge >= 0.3 is 0 Å². The standard InChI is InChI=1S/C18H22N2O4S/c1-9(21)15-18(2,3)25-17-12(16(24)20(15)17)8-13(23)14(19)10-4-6-11(22)7-5-10/h4-7,12,14-15,17,22H,8,19H2,1-3H3/t12-,14?,15+,17-/m1/s1. The van der Waals surface area contributed by atoms with E-state index in [1.165, 1.54) is 19.1 Å². The molecule has 0 spiro atoms. The normalized spacial score (nSPS) is 28.2. The SMILES string of the molecule is CC(=O)[C@@H]1N2C(=O)[C@@H](CC(=O)C(N)c3ccc(O)cc3)[C@H]2SC1(C)C. The van der Waals surface area contributed by atoms with Crippen molar-refractivity contribution in [1.82, 2.24) is 4.90 Å². The summed E-state index contributed by atoms with van der Waals surface area (Å²) in [7, 11) is 0. The fourth-order valence-electron chi connectivity index (χ4n) is 3.76. The quantitative estimate of drug-likeness (QED) is 0.772. The molecule has 1 aromatic rings. The Hall–Kier alpha value is -1.86. The number of hydrogen-bond acceptors (Lipinski definition) is 6. The van der Waals surface area contributed by atoms with Crippen LogP contribution in [0.4, 0.5) is 0 Å². The molecule has 2 aliphatic heterocycles. The Morgan fingerprint density at radius 1 is 1.32 bits per heavy atom. The summed E-state index contributed by atoms with van der Waals surface area (Å²) in [4.78, 5) is 38.6. The first-order valence-electron chi connectivity index (χ1n) is 8.21. The van der Waals surface area contributed by atoms with Crippen molar-refractivity contribution in [2.45, 2.75) is 49.4 Å². The van der Waals surface area contributed by atoms with E-state index in [-0.39, 0.29) is 39.8 Å². The van der Waals surface area contributed by atoms with Gasteiger partial charge in [-0.25, -0.2) is 0 Å². The van der Waals surface area contributed by atoms with Crippen LogP contribution in [0.2, 0.25) is 0 Å². The number of nitrogens with zero attached hydrogens (tertiary/aromatic N) is 1. The number of fused-ring (bicyclic) bond motifs is 1. The summed E-state index contributed by atoms with van der Waals surface area (Å²) < 4.78 is -0.358. The minimum absolute atomic E-state index is 0.0288. The molecule has 25 heavy (non-hydrogen) atoms. The van der Waals surface area contributed by atoms with Crippen LogP contribution in [0.5, 0.6) is 5.75 Å². The first-order chi connectivity index (χ1) is 11.6. The zero-order valence-electron chi connectivity index (χ0n) is 14.4. The Balaban J connectivity index is 1.70. The molecule has 3 N–H and O–H groups in total. The van der Waals surface area contributed by atoms with Crippen molar-refractivity contribution in [3.63, 3.8) is 0 Å². The van der Waals surface area contributed by atoms with Crippen molar-refractivity contribution in [2.75, 3.05) is 0 Å². The van der Waals surface area contributed by atoms with Crippen molar-refractivity contribution >= 4 is 29.2 Å². The number of Topliss-reactive ketones (excluding diaryl/α,β-unsaturated/α-hetero) is 2. The highest BCUT2D eigenvalue weighted by atomic mass is 32.2. The average molecular weight is 362 g/mol. The molecule has 2 saturated heterocycles. The number of aromatic hydroxyl groups is 1. The largest absolute Gasteiger partial charge is 0.508 e. The number of ketones is 2. The third-order valence-corrected chi connectivity index (χ3v) is 6.58. The van der Waals surface area contributed by atoms with Crippen LogP contribution in [-0.4, -0.2) is 43.6 Å². The highest BCUT2D eigenvalue weighted by Crippen LogP contribution is 2.54. The van der Waals surface area contributed by atoms with E-state index in [4.69, 9.17) is 5.73 Å². The van der Waals surface area contributed by atoms with Gasteiger partial charge < -0.3 is 15.7 Å². The van der Waals surface area contributed by atoms with Gasteiger partial charge in [-0.2, -0.15) is 0 Å². The molecule has 1 amide bonds. The Kier molecular flexibility index (Phi) is 4.41. The first kappa shape index (κ1) is 17.9. The maximum atomic E-state index is 12.5. The minimum atomic E-state index is -0.828. The molecular weight excluding hydrogens is 340 g/mol. The van der Waals surface area contributed by atoms with Gasteiger partial charge in [0.2, 0.25) is 5.91 Å². The predicted molar refractivity (Wildman–Crippen MR) is 94.9 cm³/mol.